The normalized spacial score (nSPS) is 10.6. The van der Waals surface area contributed by atoms with Crippen LogP contribution in [-0.4, -0.2) is 23.2 Å². The van der Waals surface area contributed by atoms with E-state index in [1.807, 2.05) is 24.5 Å². The number of rotatable bonds is 6. The fourth-order valence-electron chi connectivity index (χ4n) is 1.86. The zero-order valence-electron chi connectivity index (χ0n) is 10.9. The third-order valence-electron chi connectivity index (χ3n) is 2.82. The zero-order chi connectivity index (χ0) is 12.8. The molecule has 0 radical (unpaired) electrons. The first-order valence-corrected chi connectivity index (χ1v) is 6.17. The second kappa shape index (κ2) is 6.21. The van der Waals surface area contributed by atoms with E-state index in [0.717, 1.165) is 31.2 Å². The monoisotopic (exact) mass is 245 g/mol. The minimum absolute atomic E-state index is 0.799. The number of nitrogens with one attached hydrogen (secondary N) is 1. The first-order chi connectivity index (χ1) is 8.83. The molecule has 0 atom stereocenters. The first kappa shape index (κ1) is 12.6. The molecule has 0 amide bonds. The Hall–Kier alpha value is -1.81. The summed E-state index contributed by atoms with van der Waals surface area (Å²) in [6.07, 6.45) is 3.85. The Labute approximate surface area is 108 Å². The van der Waals surface area contributed by atoms with Crippen molar-refractivity contribution < 1.29 is 4.74 Å². The van der Waals surface area contributed by atoms with Gasteiger partial charge in [0.1, 0.15) is 11.6 Å². The average molecular weight is 245 g/mol. The number of imidazole rings is 1. The lowest BCUT2D eigenvalue weighted by Gasteiger charge is -2.09. The van der Waals surface area contributed by atoms with Crippen LogP contribution in [0.1, 0.15) is 18.3 Å². The summed E-state index contributed by atoms with van der Waals surface area (Å²) >= 11 is 0. The maximum atomic E-state index is 5.23. The third-order valence-corrected chi connectivity index (χ3v) is 2.82. The molecule has 0 spiro atoms. The Morgan fingerprint density at radius 3 is 3.06 bits per heavy atom. The number of hydrogen-bond donors (Lipinski definition) is 1. The number of ether oxygens (including phenoxy) is 1. The Morgan fingerprint density at radius 1 is 1.39 bits per heavy atom. The van der Waals surface area contributed by atoms with E-state index < -0.39 is 0 Å². The van der Waals surface area contributed by atoms with Crippen molar-refractivity contribution in [2.45, 2.75) is 20.0 Å². The van der Waals surface area contributed by atoms with Gasteiger partial charge in [-0.3, -0.25) is 0 Å². The van der Waals surface area contributed by atoms with Crippen molar-refractivity contribution in [1.29, 1.82) is 0 Å². The van der Waals surface area contributed by atoms with Crippen LogP contribution in [-0.2, 0) is 13.1 Å². The van der Waals surface area contributed by atoms with E-state index in [9.17, 15) is 0 Å². The van der Waals surface area contributed by atoms with Gasteiger partial charge in [0.15, 0.2) is 0 Å². The lowest BCUT2D eigenvalue weighted by atomic mass is 10.2. The predicted molar refractivity (Wildman–Crippen MR) is 71.7 cm³/mol. The summed E-state index contributed by atoms with van der Waals surface area (Å²) in [4.78, 5) is 4.36. The van der Waals surface area contributed by atoms with E-state index in [-0.39, 0.29) is 0 Å². The molecule has 0 aliphatic carbocycles. The van der Waals surface area contributed by atoms with E-state index >= 15 is 0 Å². The van der Waals surface area contributed by atoms with Gasteiger partial charge in [-0.1, -0.05) is 19.1 Å². The number of methoxy groups -OCH3 is 1. The maximum absolute atomic E-state index is 5.23. The van der Waals surface area contributed by atoms with Crippen LogP contribution in [0.25, 0.3) is 0 Å². The average Bonchev–Trinajstić information content (AvgIpc) is 2.84. The van der Waals surface area contributed by atoms with Crippen molar-refractivity contribution in [3.05, 3.63) is 48.0 Å². The van der Waals surface area contributed by atoms with E-state index in [1.54, 1.807) is 7.11 Å². The lowest BCUT2D eigenvalue weighted by Crippen LogP contribution is -2.16. The van der Waals surface area contributed by atoms with Crippen LogP contribution in [0, 0.1) is 0 Å². The van der Waals surface area contributed by atoms with Gasteiger partial charge < -0.3 is 14.6 Å². The van der Waals surface area contributed by atoms with Crippen LogP contribution in [0.3, 0.4) is 0 Å². The van der Waals surface area contributed by atoms with Crippen LogP contribution in [0.2, 0.25) is 0 Å². The van der Waals surface area contributed by atoms with Gasteiger partial charge in [0.05, 0.1) is 13.7 Å². The second-order valence-corrected chi connectivity index (χ2v) is 4.10. The molecule has 0 bridgehead atoms. The smallest absolute Gasteiger partial charge is 0.122 e. The van der Waals surface area contributed by atoms with E-state index in [1.165, 1.54) is 5.56 Å². The summed E-state index contributed by atoms with van der Waals surface area (Å²) in [5, 5.41) is 3.29. The molecule has 0 aliphatic heterocycles. The Morgan fingerprint density at radius 2 is 2.28 bits per heavy atom. The molecule has 4 nitrogen and oxygen atoms in total. The highest BCUT2D eigenvalue weighted by Crippen LogP contribution is 2.14. The van der Waals surface area contributed by atoms with Crippen molar-refractivity contribution in [1.82, 2.24) is 14.9 Å². The quantitative estimate of drug-likeness (QED) is 0.846. The van der Waals surface area contributed by atoms with Crippen molar-refractivity contribution in [2.75, 3.05) is 13.7 Å². The second-order valence-electron chi connectivity index (χ2n) is 4.10. The van der Waals surface area contributed by atoms with Gasteiger partial charge in [-0.25, -0.2) is 4.98 Å². The highest BCUT2D eigenvalue weighted by molar-refractivity contribution is 5.28. The van der Waals surface area contributed by atoms with Crippen LogP contribution in [0.15, 0.2) is 36.7 Å². The molecule has 2 rings (SSSR count). The first-order valence-electron chi connectivity index (χ1n) is 6.17. The number of hydrogen-bond acceptors (Lipinski definition) is 3. The Balaban J connectivity index is 2.10. The molecule has 2 aromatic rings. The van der Waals surface area contributed by atoms with Gasteiger partial charge in [0.2, 0.25) is 0 Å². The van der Waals surface area contributed by atoms with Gasteiger partial charge in [-0.05, 0) is 24.2 Å². The molecule has 0 saturated heterocycles. The molecule has 4 heteroatoms. The van der Waals surface area contributed by atoms with Crippen molar-refractivity contribution >= 4 is 0 Å². The van der Waals surface area contributed by atoms with Crippen LogP contribution < -0.4 is 10.1 Å². The molecular formula is C14H19N3O. The highest BCUT2D eigenvalue weighted by Gasteiger charge is 2.03. The fraction of sp³-hybridized carbons (Fsp3) is 0.357. The highest BCUT2D eigenvalue weighted by atomic mass is 16.5. The molecule has 1 aromatic carbocycles. The van der Waals surface area contributed by atoms with Gasteiger partial charge in [-0.2, -0.15) is 0 Å². The standard InChI is InChI=1S/C14H19N3O/c1-3-15-10-14-16-7-8-17(14)11-12-5-4-6-13(9-12)18-2/h4-9,15H,3,10-11H2,1-2H3. The molecule has 96 valence electrons. The fourth-order valence-corrected chi connectivity index (χ4v) is 1.86. The zero-order valence-corrected chi connectivity index (χ0v) is 10.9. The Kier molecular flexibility index (Phi) is 4.36. The van der Waals surface area contributed by atoms with Crippen LogP contribution in [0.4, 0.5) is 0 Å². The number of aromatic nitrogens is 2. The number of nitrogens with zero attached hydrogens (tertiary/aromatic N) is 2. The van der Waals surface area contributed by atoms with Crippen molar-refractivity contribution in [2.24, 2.45) is 0 Å². The maximum Gasteiger partial charge on any atom is 0.122 e. The third kappa shape index (κ3) is 3.11. The molecule has 18 heavy (non-hydrogen) atoms. The van der Waals surface area contributed by atoms with Crippen molar-refractivity contribution in [3.63, 3.8) is 0 Å². The number of benzene rings is 1. The summed E-state index contributed by atoms with van der Waals surface area (Å²) in [6.45, 7) is 4.66. The molecule has 1 heterocycles. The summed E-state index contributed by atoms with van der Waals surface area (Å²) in [5.74, 6) is 1.94. The van der Waals surface area contributed by atoms with Crippen LogP contribution >= 0.6 is 0 Å². The molecule has 1 aromatic heterocycles. The van der Waals surface area contributed by atoms with Gasteiger partial charge in [0, 0.05) is 18.9 Å². The van der Waals surface area contributed by atoms with E-state index in [0.29, 0.717) is 0 Å². The summed E-state index contributed by atoms with van der Waals surface area (Å²) < 4.78 is 7.38. The van der Waals surface area contributed by atoms with E-state index in [2.05, 4.69) is 33.9 Å². The predicted octanol–water partition coefficient (Wildman–Crippen LogP) is 2.05. The minimum Gasteiger partial charge on any atom is -0.497 e. The molecule has 0 saturated carbocycles. The van der Waals surface area contributed by atoms with E-state index in [4.69, 9.17) is 4.74 Å². The Bertz CT molecular complexity index is 493. The molecule has 0 fully saturated rings. The SMILES string of the molecule is CCNCc1nccn1Cc1cccc(OC)c1. The van der Waals surface area contributed by atoms with Gasteiger partial charge in [-0.15, -0.1) is 0 Å². The molecule has 1 N–H and O–H groups in total. The summed E-state index contributed by atoms with van der Waals surface area (Å²) in [6, 6.07) is 8.11. The molecule has 0 aliphatic rings. The molecular weight excluding hydrogens is 226 g/mol. The largest absolute Gasteiger partial charge is 0.497 e. The lowest BCUT2D eigenvalue weighted by molar-refractivity contribution is 0.414. The molecule has 0 unspecified atom stereocenters. The summed E-state index contributed by atoms with van der Waals surface area (Å²) in [7, 11) is 1.69. The van der Waals surface area contributed by atoms with Gasteiger partial charge in [0.25, 0.3) is 0 Å². The summed E-state index contributed by atoms with van der Waals surface area (Å²) in [5.41, 5.74) is 1.21. The topological polar surface area (TPSA) is 39.1 Å². The van der Waals surface area contributed by atoms with Crippen LogP contribution in [0.5, 0.6) is 5.75 Å². The van der Waals surface area contributed by atoms with Crippen molar-refractivity contribution in [3.8, 4) is 5.75 Å². The van der Waals surface area contributed by atoms with Gasteiger partial charge >= 0.3 is 0 Å². The minimum atomic E-state index is 0.799.